The van der Waals surface area contributed by atoms with Crippen molar-refractivity contribution in [2.45, 2.75) is 46.1 Å². The average Bonchev–Trinajstić information content (AvgIpc) is 2.24. The van der Waals surface area contributed by atoms with Crippen molar-refractivity contribution in [1.82, 2.24) is 5.32 Å². The lowest BCUT2D eigenvalue weighted by atomic mass is 9.99. The second-order valence-corrected chi connectivity index (χ2v) is 4.02. The molecule has 0 aliphatic heterocycles. The van der Waals surface area contributed by atoms with Crippen molar-refractivity contribution in [3.05, 3.63) is 0 Å². The normalized spacial score (nSPS) is 17.1. The molecule has 0 amide bonds. The van der Waals surface area contributed by atoms with Crippen LogP contribution in [0.3, 0.4) is 0 Å². The number of nitrogens with one attached hydrogen (secondary N) is 1. The van der Waals surface area contributed by atoms with Gasteiger partial charge in [0, 0.05) is 5.92 Å². The van der Waals surface area contributed by atoms with Gasteiger partial charge in [-0.1, -0.05) is 20.8 Å². The highest BCUT2D eigenvalue weighted by Gasteiger charge is 2.22. The Hall–Kier alpha value is -0.700. The van der Waals surface area contributed by atoms with Gasteiger partial charge in [-0.25, -0.2) is 0 Å². The van der Waals surface area contributed by atoms with E-state index in [0.717, 1.165) is 12.7 Å². The molecule has 3 nitrogen and oxygen atoms in total. The van der Waals surface area contributed by atoms with Gasteiger partial charge in [-0.2, -0.15) is 0 Å². The maximum Gasteiger partial charge on any atom is 0.149 e. The zero-order chi connectivity index (χ0) is 11.2. The smallest absolute Gasteiger partial charge is 0.149 e. The molecule has 0 fully saturated rings. The van der Waals surface area contributed by atoms with Gasteiger partial charge in [0.2, 0.25) is 0 Å². The Morgan fingerprint density at radius 3 is 2.43 bits per heavy atom. The average molecular weight is 199 g/mol. The maximum atomic E-state index is 11.5. The van der Waals surface area contributed by atoms with Gasteiger partial charge in [0.25, 0.3) is 0 Å². The second kappa shape index (κ2) is 5.91. The van der Waals surface area contributed by atoms with Gasteiger partial charge in [0.1, 0.15) is 12.1 Å². The first-order valence-corrected chi connectivity index (χ1v) is 5.23. The number of ketones is 1. The molecule has 0 rings (SSSR count). The summed E-state index contributed by atoms with van der Waals surface area (Å²) in [4.78, 5) is 22.2. The molecule has 0 heterocycles. The van der Waals surface area contributed by atoms with Crippen molar-refractivity contribution < 1.29 is 9.59 Å². The quantitative estimate of drug-likeness (QED) is 0.633. The van der Waals surface area contributed by atoms with E-state index in [1.165, 1.54) is 0 Å². The van der Waals surface area contributed by atoms with Crippen LogP contribution in [0.2, 0.25) is 0 Å². The third-order valence-electron chi connectivity index (χ3n) is 2.82. The van der Waals surface area contributed by atoms with Crippen LogP contribution in [0.25, 0.3) is 0 Å². The first-order chi connectivity index (χ1) is 6.49. The van der Waals surface area contributed by atoms with E-state index in [2.05, 4.69) is 5.32 Å². The van der Waals surface area contributed by atoms with Crippen LogP contribution in [-0.2, 0) is 9.59 Å². The van der Waals surface area contributed by atoms with Crippen LogP contribution >= 0.6 is 0 Å². The van der Waals surface area contributed by atoms with E-state index < -0.39 is 5.54 Å². The minimum absolute atomic E-state index is 0.0789. The Morgan fingerprint density at radius 1 is 1.50 bits per heavy atom. The zero-order valence-corrected chi connectivity index (χ0v) is 9.59. The van der Waals surface area contributed by atoms with E-state index in [1.807, 2.05) is 27.7 Å². The summed E-state index contributed by atoms with van der Waals surface area (Å²) in [5.74, 6) is 0.254. The van der Waals surface area contributed by atoms with Crippen molar-refractivity contribution in [3.63, 3.8) is 0 Å². The highest BCUT2D eigenvalue weighted by Crippen LogP contribution is 2.06. The molecule has 0 aromatic heterocycles. The lowest BCUT2D eigenvalue weighted by Crippen LogP contribution is -2.46. The van der Waals surface area contributed by atoms with Crippen molar-refractivity contribution in [1.29, 1.82) is 0 Å². The summed E-state index contributed by atoms with van der Waals surface area (Å²) in [6.07, 6.45) is 2.42. The van der Waals surface area contributed by atoms with E-state index in [-0.39, 0.29) is 18.2 Å². The molecule has 2 atom stereocenters. The minimum Gasteiger partial charge on any atom is -0.301 e. The highest BCUT2D eigenvalue weighted by atomic mass is 16.1. The van der Waals surface area contributed by atoms with Gasteiger partial charge in [0.15, 0.2) is 0 Å². The van der Waals surface area contributed by atoms with Gasteiger partial charge < -0.3 is 4.79 Å². The number of carbonyl (C=O) groups excluding carboxylic acids is 2. The van der Waals surface area contributed by atoms with Gasteiger partial charge in [0.05, 0.1) is 12.1 Å². The van der Waals surface area contributed by atoms with Crippen LogP contribution in [0.5, 0.6) is 0 Å². The van der Waals surface area contributed by atoms with E-state index in [0.29, 0.717) is 6.42 Å². The monoisotopic (exact) mass is 199 g/mol. The first kappa shape index (κ1) is 13.3. The molecular formula is C11H21NO2. The summed E-state index contributed by atoms with van der Waals surface area (Å²) in [6, 6.07) is 0. The molecule has 0 bridgehead atoms. The Kier molecular flexibility index (Phi) is 5.62. The number of hydrogen-bond donors (Lipinski definition) is 1. The molecule has 0 aromatic rings. The summed E-state index contributed by atoms with van der Waals surface area (Å²) < 4.78 is 0. The van der Waals surface area contributed by atoms with Crippen molar-refractivity contribution in [3.8, 4) is 0 Å². The van der Waals surface area contributed by atoms with Gasteiger partial charge in [-0.15, -0.1) is 0 Å². The molecule has 0 saturated carbocycles. The standard InChI is InChI=1S/C11H21NO2/c1-5-9(3)10(14)7-12-11(4,6-2)8-13/h8-9,12H,5-7H2,1-4H3. The summed E-state index contributed by atoms with van der Waals surface area (Å²) in [5.41, 5.74) is -0.552. The Bertz CT molecular complexity index is 203. The predicted molar refractivity (Wildman–Crippen MR) is 57.2 cm³/mol. The van der Waals surface area contributed by atoms with Crippen LogP contribution < -0.4 is 5.32 Å². The molecule has 0 saturated heterocycles. The third kappa shape index (κ3) is 4.01. The van der Waals surface area contributed by atoms with Crippen LogP contribution in [-0.4, -0.2) is 24.2 Å². The summed E-state index contributed by atoms with van der Waals surface area (Å²) in [7, 11) is 0. The number of carbonyl (C=O) groups is 2. The number of hydrogen-bond acceptors (Lipinski definition) is 3. The summed E-state index contributed by atoms with van der Waals surface area (Å²) in [6.45, 7) is 7.92. The molecule has 0 spiro atoms. The SMILES string of the molecule is CCC(C)C(=O)CNC(C)(C=O)CC. The van der Waals surface area contributed by atoms with Gasteiger partial charge in [-0.05, 0) is 19.8 Å². The highest BCUT2D eigenvalue weighted by molar-refractivity contribution is 5.83. The molecule has 82 valence electrons. The molecule has 0 radical (unpaired) electrons. The molecule has 1 N–H and O–H groups in total. The fourth-order valence-corrected chi connectivity index (χ4v) is 0.941. The second-order valence-electron chi connectivity index (χ2n) is 4.02. The van der Waals surface area contributed by atoms with E-state index in [9.17, 15) is 9.59 Å². The topological polar surface area (TPSA) is 46.2 Å². The molecule has 0 aliphatic carbocycles. The summed E-state index contributed by atoms with van der Waals surface area (Å²) >= 11 is 0. The van der Waals surface area contributed by atoms with E-state index in [1.54, 1.807) is 0 Å². The van der Waals surface area contributed by atoms with E-state index >= 15 is 0 Å². The lowest BCUT2D eigenvalue weighted by Gasteiger charge is -2.23. The predicted octanol–water partition coefficient (Wildman–Crippen LogP) is 1.56. The molecule has 0 aromatic carbocycles. The maximum absolute atomic E-state index is 11.5. The number of aldehydes is 1. The Labute approximate surface area is 86.3 Å². The zero-order valence-electron chi connectivity index (χ0n) is 9.59. The molecule has 2 unspecified atom stereocenters. The molecular weight excluding hydrogens is 178 g/mol. The van der Waals surface area contributed by atoms with Crippen LogP contribution in [0, 0.1) is 5.92 Å². The number of Topliss-reactive ketones (excluding diaryl/α,β-unsaturated/α-hetero) is 1. The Balaban J connectivity index is 4.04. The number of rotatable bonds is 7. The molecule has 3 heteroatoms. The fraction of sp³-hybridized carbons (Fsp3) is 0.818. The van der Waals surface area contributed by atoms with Crippen molar-refractivity contribution in [2.24, 2.45) is 5.92 Å². The third-order valence-corrected chi connectivity index (χ3v) is 2.82. The lowest BCUT2D eigenvalue weighted by molar-refractivity contribution is -0.122. The van der Waals surface area contributed by atoms with Crippen molar-refractivity contribution in [2.75, 3.05) is 6.54 Å². The van der Waals surface area contributed by atoms with Gasteiger partial charge >= 0.3 is 0 Å². The van der Waals surface area contributed by atoms with Crippen LogP contribution in [0.1, 0.15) is 40.5 Å². The fourth-order valence-electron chi connectivity index (χ4n) is 0.941. The molecule has 14 heavy (non-hydrogen) atoms. The first-order valence-electron chi connectivity index (χ1n) is 5.23. The summed E-state index contributed by atoms with van der Waals surface area (Å²) in [5, 5.41) is 2.99. The van der Waals surface area contributed by atoms with Gasteiger partial charge in [-0.3, -0.25) is 10.1 Å². The van der Waals surface area contributed by atoms with Crippen molar-refractivity contribution >= 4 is 12.1 Å². The molecule has 0 aliphatic rings. The van der Waals surface area contributed by atoms with Crippen LogP contribution in [0.15, 0.2) is 0 Å². The van der Waals surface area contributed by atoms with E-state index in [4.69, 9.17) is 0 Å². The van der Waals surface area contributed by atoms with Crippen LogP contribution in [0.4, 0.5) is 0 Å². The largest absolute Gasteiger partial charge is 0.301 e. The Morgan fingerprint density at radius 2 is 2.07 bits per heavy atom. The minimum atomic E-state index is -0.552.